The Labute approximate surface area is 268 Å². The van der Waals surface area contributed by atoms with Gasteiger partial charge in [0, 0.05) is 37.8 Å². The lowest BCUT2D eigenvalue weighted by Crippen LogP contribution is -2.52. The predicted molar refractivity (Wildman–Crippen MR) is 169 cm³/mol. The molecule has 2 fully saturated rings. The second kappa shape index (κ2) is 15.2. The maximum Gasteiger partial charge on any atom is 0.287 e. The zero-order chi connectivity index (χ0) is 32.7. The number of hydrogen-bond donors (Lipinski definition) is 2. The maximum absolute atomic E-state index is 13.4. The van der Waals surface area contributed by atoms with Crippen LogP contribution < -0.4 is 15.4 Å². The van der Waals surface area contributed by atoms with Crippen LogP contribution in [0.2, 0.25) is 0 Å². The number of nitrogens with one attached hydrogen (secondary N) is 2. The number of aromatic nitrogens is 1. The van der Waals surface area contributed by atoms with E-state index in [1.165, 1.54) is 12.3 Å². The number of fused-ring (bicyclic) bond motifs is 1. The zero-order valence-electron chi connectivity index (χ0n) is 26.1. The molecule has 0 bridgehead atoms. The van der Waals surface area contributed by atoms with Crippen molar-refractivity contribution in [2.75, 3.05) is 52.5 Å². The van der Waals surface area contributed by atoms with Crippen molar-refractivity contribution in [2.45, 2.75) is 50.2 Å². The van der Waals surface area contributed by atoms with Gasteiger partial charge in [-0.15, -0.1) is 0 Å². The largest absolute Gasteiger partial charge is 0.492 e. The monoisotopic (exact) mass is 655 g/mol. The minimum atomic E-state index is -3.97. The van der Waals surface area contributed by atoms with Gasteiger partial charge in [-0.2, -0.15) is 4.31 Å². The number of pyridine rings is 1. The van der Waals surface area contributed by atoms with Crippen LogP contribution in [0.4, 0.5) is 0 Å². The van der Waals surface area contributed by atoms with Gasteiger partial charge in [0.1, 0.15) is 24.0 Å². The van der Waals surface area contributed by atoms with Gasteiger partial charge in [0.15, 0.2) is 16.6 Å². The fourth-order valence-electron chi connectivity index (χ4n) is 5.53. The third kappa shape index (κ3) is 8.49. The van der Waals surface area contributed by atoms with E-state index in [9.17, 15) is 22.8 Å². The Kier molecular flexibility index (Phi) is 11.0. The molecule has 2 aliphatic heterocycles. The van der Waals surface area contributed by atoms with Crippen LogP contribution in [0.15, 0.2) is 58.1 Å². The quantitative estimate of drug-likeness (QED) is 0.296. The summed E-state index contributed by atoms with van der Waals surface area (Å²) < 4.78 is 44.3. The van der Waals surface area contributed by atoms with Crippen molar-refractivity contribution in [1.29, 1.82) is 0 Å². The van der Waals surface area contributed by atoms with Gasteiger partial charge in [-0.05, 0) is 61.6 Å². The summed E-state index contributed by atoms with van der Waals surface area (Å²) in [5, 5.41) is 6.08. The van der Waals surface area contributed by atoms with Crippen molar-refractivity contribution in [3.63, 3.8) is 0 Å². The first-order valence-electron chi connectivity index (χ1n) is 15.6. The van der Waals surface area contributed by atoms with Crippen LogP contribution >= 0.6 is 0 Å². The second-order valence-electron chi connectivity index (χ2n) is 11.9. The molecule has 14 heteroatoms. The lowest BCUT2D eigenvalue weighted by atomic mass is 10.0. The maximum atomic E-state index is 13.4. The molecule has 2 atom stereocenters. The summed E-state index contributed by atoms with van der Waals surface area (Å²) in [6.07, 6.45) is 2.33. The van der Waals surface area contributed by atoms with Gasteiger partial charge in [0.25, 0.3) is 15.9 Å². The normalized spacial score (nSPS) is 19.1. The Morgan fingerprint density at radius 2 is 1.91 bits per heavy atom. The molecular weight excluding hydrogens is 614 g/mol. The van der Waals surface area contributed by atoms with E-state index in [1.807, 2.05) is 19.9 Å². The van der Waals surface area contributed by atoms with Gasteiger partial charge in [-0.1, -0.05) is 19.9 Å². The van der Waals surface area contributed by atoms with Crippen LogP contribution in [-0.4, -0.2) is 105 Å². The number of hydrogen-bond acceptors (Lipinski definition) is 10. The lowest BCUT2D eigenvalue weighted by Gasteiger charge is -2.26. The van der Waals surface area contributed by atoms with Gasteiger partial charge < -0.3 is 24.5 Å². The minimum absolute atomic E-state index is 0.0444. The highest BCUT2D eigenvalue weighted by atomic mass is 32.2. The highest BCUT2D eigenvalue weighted by Gasteiger charge is 2.35. The van der Waals surface area contributed by atoms with Crippen molar-refractivity contribution in [2.24, 2.45) is 5.92 Å². The van der Waals surface area contributed by atoms with Crippen molar-refractivity contribution in [3.05, 3.63) is 54.4 Å². The molecule has 13 nitrogen and oxygen atoms in total. The van der Waals surface area contributed by atoms with Crippen molar-refractivity contribution in [1.82, 2.24) is 24.8 Å². The van der Waals surface area contributed by atoms with E-state index in [0.717, 1.165) is 37.2 Å². The van der Waals surface area contributed by atoms with Gasteiger partial charge in [-0.3, -0.25) is 19.3 Å². The molecular formula is C32H41N5O8S. The Balaban J connectivity index is 1.20. The highest BCUT2D eigenvalue weighted by molar-refractivity contribution is 7.89. The number of sulfonamides is 1. The van der Waals surface area contributed by atoms with E-state index < -0.39 is 39.7 Å². The Hall–Kier alpha value is -3.85. The van der Waals surface area contributed by atoms with Crippen LogP contribution in [0.5, 0.6) is 5.75 Å². The number of furan rings is 1. The molecule has 2 N–H and O–H groups in total. The summed E-state index contributed by atoms with van der Waals surface area (Å²) in [7, 11) is -3.97. The van der Waals surface area contributed by atoms with Gasteiger partial charge in [0.2, 0.25) is 5.91 Å². The summed E-state index contributed by atoms with van der Waals surface area (Å²) in [6.45, 7) is 8.09. The first-order chi connectivity index (χ1) is 22.1. The Bertz CT molecular complexity index is 1620. The topological polar surface area (TPSA) is 160 Å². The first kappa shape index (κ1) is 33.5. The van der Waals surface area contributed by atoms with Crippen molar-refractivity contribution >= 4 is 38.6 Å². The SMILES string of the molecule is CC(C)C[C@@H](NC(=O)c1cc2cc(OCCN3CCOCC3)ccc2o1)C(=O)N[C@@H]1CCCN(S(=O)(=O)c2ccccn2)CC1=O. The molecule has 46 heavy (non-hydrogen) atoms. The molecule has 4 heterocycles. The second-order valence-corrected chi connectivity index (χ2v) is 13.8. The van der Waals surface area contributed by atoms with E-state index in [1.54, 1.807) is 30.3 Å². The number of rotatable bonds is 12. The number of amides is 2. The van der Waals surface area contributed by atoms with Crippen LogP contribution in [0.25, 0.3) is 11.0 Å². The molecule has 1 aromatic carbocycles. The van der Waals surface area contributed by atoms with Crippen LogP contribution in [0.3, 0.4) is 0 Å². The molecule has 5 rings (SSSR count). The van der Waals surface area contributed by atoms with Crippen molar-refractivity contribution in [3.8, 4) is 5.75 Å². The average molecular weight is 656 g/mol. The zero-order valence-corrected chi connectivity index (χ0v) is 27.0. The fourth-order valence-corrected chi connectivity index (χ4v) is 6.91. The molecule has 0 aliphatic carbocycles. The number of carbonyl (C=O) groups is 3. The van der Waals surface area contributed by atoms with E-state index in [-0.39, 0.29) is 36.2 Å². The average Bonchev–Trinajstić information content (AvgIpc) is 3.38. The first-order valence-corrected chi connectivity index (χ1v) is 17.1. The summed E-state index contributed by atoms with van der Waals surface area (Å²) in [4.78, 5) is 46.0. The summed E-state index contributed by atoms with van der Waals surface area (Å²) in [5.74, 6) is -0.763. The van der Waals surface area contributed by atoms with E-state index in [2.05, 4.69) is 20.5 Å². The Morgan fingerprint density at radius 3 is 2.65 bits per heavy atom. The van der Waals surface area contributed by atoms with Gasteiger partial charge >= 0.3 is 0 Å². The van der Waals surface area contributed by atoms with Crippen LogP contribution in [-0.2, 0) is 24.3 Å². The number of Topliss-reactive ketones (excluding diaryl/α,β-unsaturated/α-hetero) is 1. The van der Waals surface area contributed by atoms with Crippen LogP contribution in [0, 0.1) is 5.92 Å². The molecule has 0 saturated carbocycles. The molecule has 2 aromatic heterocycles. The minimum Gasteiger partial charge on any atom is -0.492 e. The standard InChI is InChI=1S/C32H41N5O8S/c1-22(2)18-26(31(39)34-25-6-5-11-37(21-27(25)38)46(41,42)30-7-3-4-10-33-30)35-32(40)29-20-23-19-24(8-9-28(23)45-29)44-17-14-36-12-15-43-16-13-36/h3-4,7-10,19-20,22,25-26H,5-6,11-18,21H2,1-2H3,(H,34,39)(H,35,40)/t25-,26-/m1/s1. The smallest absolute Gasteiger partial charge is 0.287 e. The Morgan fingerprint density at radius 1 is 1.11 bits per heavy atom. The summed E-state index contributed by atoms with van der Waals surface area (Å²) >= 11 is 0. The third-order valence-corrected chi connectivity index (χ3v) is 9.76. The molecule has 0 unspecified atom stereocenters. The number of benzene rings is 1. The number of carbonyl (C=O) groups excluding carboxylic acids is 3. The summed E-state index contributed by atoms with van der Waals surface area (Å²) in [5.41, 5.74) is 0.504. The fraction of sp³-hybridized carbons (Fsp3) is 0.500. The number of nitrogens with zero attached hydrogens (tertiary/aromatic N) is 3. The third-order valence-electron chi connectivity index (χ3n) is 8.00. The van der Waals surface area contributed by atoms with E-state index >= 15 is 0 Å². The van der Waals surface area contributed by atoms with Crippen molar-refractivity contribution < 1.29 is 36.7 Å². The highest BCUT2D eigenvalue weighted by Crippen LogP contribution is 2.25. The molecule has 2 aliphatic rings. The van der Waals surface area contributed by atoms with E-state index in [4.69, 9.17) is 13.9 Å². The number of ketones is 1. The lowest BCUT2D eigenvalue weighted by molar-refractivity contribution is -0.129. The molecule has 2 saturated heterocycles. The molecule has 2 amide bonds. The van der Waals surface area contributed by atoms with Gasteiger partial charge in [0.05, 0.1) is 25.8 Å². The number of morpholine rings is 1. The molecule has 0 radical (unpaired) electrons. The molecule has 248 valence electrons. The molecule has 3 aromatic rings. The molecule has 0 spiro atoms. The summed E-state index contributed by atoms with van der Waals surface area (Å²) in [6, 6.07) is 9.66. The van der Waals surface area contributed by atoms with E-state index in [0.29, 0.717) is 36.2 Å². The predicted octanol–water partition coefficient (Wildman–Crippen LogP) is 2.22. The van der Waals surface area contributed by atoms with Gasteiger partial charge in [-0.25, -0.2) is 13.4 Å². The van der Waals surface area contributed by atoms with Crippen LogP contribution in [0.1, 0.15) is 43.7 Å². The number of ether oxygens (including phenoxy) is 2.